The van der Waals surface area contributed by atoms with Gasteiger partial charge in [-0.2, -0.15) is 0 Å². The van der Waals surface area contributed by atoms with Crippen molar-refractivity contribution in [2.45, 2.75) is 39.2 Å². The van der Waals surface area contributed by atoms with Crippen LogP contribution in [0.1, 0.15) is 40.9 Å². The molecule has 0 fully saturated rings. The molecule has 1 heterocycles. The monoisotopic (exact) mass is 319 g/mol. The van der Waals surface area contributed by atoms with Gasteiger partial charge in [0.15, 0.2) is 5.78 Å². The number of aromatic nitrogens is 1. The molecule has 3 rings (SSSR count). The summed E-state index contributed by atoms with van der Waals surface area (Å²) < 4.78 is 2.24. The normalized spacial score (nSPS) is 14.9. The van der Waals surface area contributed by atoms with E-state index in [2.05, 4.69) is 45.6 Å². The molecule has 0 spiro atoms. The molecule has 3 heteroatoms. The van der Waals surface area contributed by atoms with Crippen molar-refractivity contribution in [1.82, 2.24) is 4.57 Å². The van der Waals surface area contributed by atoms with E-state index in [4.69, 9.17) is 0 Å². The number of fused-ring (bicyclic) bond motifs is 3. The largest absolute Gasteiger partial charge is 0.338 e. The van der Waals surface area contributed by atoms with Gasteiger partial charge < -0.3 is 4.57 Å². The molecule has 2 aromatic rings. The van der Waals surface area contributed by atoms with Crippen LogP contribution in [0.4, 0.5) is 0 Å². The Morgan fingerprint density at radius 2 is 2.16 bits per heavy atom. The Bertz CT molecular complexity index is 642. The lowest BCUT2D eigenvalue weighted by atomic mass is 9.94. The van der Waals surface area contributed by atoms with Crippen molar-refractivity contribution in [3.05, 3.63) is 35.0 Å². The number of alkyl halides is 1. The Balaban J connectivity index is 2.26. The molecule has 0 atom stereocenters. The third kappa shape index (κ3) is 2.14. The lowest BCUT2D eigenvalue weighted by molar-refractivity contribution is 0.0963. The quantitative estimate of drug-likeness (QED) is 0.775. The summed E-state index contributed by atoms with van der Waals surface area (Å²) in [7, 11) is 0. The Hall–Kier alpha value is -1.09. The number of ketones is 1. The van der Waals surface area contributed by atoms with Crippen molar-refractivity contribution >= 4 is 32.6 Å². The Morgan fingerprint density at radius 1 is 1.32 bits per heavy atom. The Kier molecular flexibility index (Phi) is 3.48. The van der Waals surface area contributed by atoms with Crippen molar-refractivity contribution in [2.24, 2.45) is 0 Å². The maximum Gasteiger partial charge on any atom is 0.179 e. The van der Waals surface area contributed by atoms with E-state index in [0.29, 0.717) is 12.2 Å². The van der Waals surface area contributed by atoms with E-state index in [9.17, 15) is 4.79 Å². The number of Topliss-reactive ketones (excluding diaryl/α,β-unsaturated/α-hetero) is 1. The standard InChI is InChI=1S/C16H18BrNO/c1-11-6-7-14-13(10-11)12-4-2-5-15(19)16(12)18(14)9-3-8-17/h6-7,10H,2-5,8-9H2,1H3. The van der Waals surface area contributed by atoms with Crippen molar-refractivity contribution < 1.29 is 4.79 Å². The van der Waals surface area contributed by atoms with Gasteiger partial charge in [0.25, 0.3) is 0 Å². The van der Waals surface area contributed by atoms with E-state index in [1.807, 2.05) is 0 Å². The average molecular weight is 320 g/mol. The molecule has 0 N–H and O–H groups in total. The summed E-state index contributed by atoms with van der Waals surface area (Å²) in [6.45, 7) is 3.04. The van der Waals surface area contributed by atoms with Gasteiger partial charge >= 0.3 is 0 Å². The first-order valence-corrected chi connectivity index (χ1v) is 8.05. The minimum Gasteiger partial charge on any atom is -0.338 e. The van der Waals surface area contributed by atoms with Crippen LogP contribution in [0.15, 0.2) is 18.2 Å². The number of halogens is 1. The molecule has 0 aliphatic heterocycles. The molecule has 1 aliphatic carbocycles. The second-order valence-corrected chi connectivity index (χ2v) is 6.11. The summed E-state index contributed by atoms with van der Waals surface area (Å²) in [5.74, 6) is 0.324. The summed E-state index contributed by atoms with van der Waals surface area (Å²) >= 11 is 3.48. The first kappa shape index (κ1) is 12.9. The van der Waals surface area contributed by atoms with Crippen LogP contribution in [0.25, 0.3) is 10.9 Å². The molecule has 2 nitrogen and oxygen atoms in total. The number of carbonyl (C=O) groups is 1. The first-order valence-electron chi connectivity index (χ1n) is 6.93. The molecule has 1 aliphatic rings. The predicted molar refractivity (Wildman–Crippen MR) is 82.4 cm³/mol. The predicted octanol–water partition coefficient (Wildman–Crippen LogP) is 4.25. The summed E-state index contributed by atoms with van der Waals surface area (Å²) in [6.07, 6.45) is 3.80. The number of hydrogen-bond donors (Lipinski definition) is 0. The molecule has 0 amide bonds. The lowest BCUT2D eigenvalue weighted by Gasteiger charge is -2.14. The number of hydrogen-bond acceptors (Lipinski definition) is 1. The van der Waals surface area contributed by atoms with E-state index >= 15 is 0 Å². The summed E-state index contributed by atoms with van der Waals surface area (Å²) in [4.78, 5) is 12.3. The van der Waals surface area contributed by atoms with Gasteiger partial charge in [0.2, 0.25) is 0 Å². The zero-order valence-electron chi connectivity index (χ0n) is 11.2. The Morgan fingerprint density at radius 3 is 2.95 bits per heavy atom. The summed E-state index contributed by atoms with van der Waals surface area (Å²) in [5, 5.41) is 2.26. The van der Waals surface area contributed by atoms with Gasteiger partial charge in [0, 0.05) is 29.2 Å². The van der Waals surface area contributed by atoms with Crippen LogP contribution in [-0.2, 0) is 13.0 Å². The molecule has 100 valence electrons. The highest BCUT2D eigenvalue weighted by Crippen LogP contribution is 2.33. The summed E-state index contributed by atoms with van der Waals surface area (Å²) in [5.41, 5.74) is 4.76. The SMILES string of the molecule is Cc1ccc2c(c1)c1c(n2CCCBr)C(=O)CCC1. The highest BCUT2D eigenvalue weighted by molar-refractivity contribution is 9.09. The lowest BCUT2D eigenvalue weighted by Crippen LogP contribution is -2.15. The molecule has 19 heavy (non-hydrogen) atoms. The summed E-state index contributed by atoms with van der Waals surface area (Å²) in [6, 6.07) is 6.55. The highest BCUT2D eigenvalue weighted by atomic mass is 79.9. The third-order valence-electron chi connectivity index (χ3n) is 3.93. The second-order valence-electron chi connectivity index (χ2n) is 5.32. The van der Waals surface area contributed by atoms with Crippen LogP contribution >= 0.6 is 15.9 Å². The Labute approximate surface area is 121 Å². The fraction of sp³-hybridized carbons (Fsp3) is 0.438. The fourth-order valence-corrected chi connectivity index (χ4v) is 3.35. The van der Waals surface area contributed by atoms with Gasteiger partial charge in [0.1, 0.15) is 0 Å². The number of nitrogens with zero attached hydrogens (tertiary/aromatic N) is 1. The molecule has 0 saturated carbocycles. The van der Waals surface area contributed by atoms with Crippen LogP contribution in [-0.4, -0.2) is 15.7 Å². The van der Waals surface area contributed by atoms with Crippen molar-refractivity contribution in [2.75, 3.05) is 5.33 Å². The smallest absolute Gasteiger partial charge is 0.179 e. The molecule has 0 radical (unpaired) electrons. The van der Waals surface area contributed by atoms with Crippen molar-refractivity contribution in [1.29, 1.82) is 0 Å². The maximum absolute atomic E-state index is 12.3. The van der Waals surface area contributed by atoms with E-state index < -0.39 is 0 Å². The zero-order chi connectivity index (χ0) is 13.4. The van der Waals surface area contributed by atoms with Gasteiger partial charge in [-0.25, -0.2) is 0 Å². The number of carbonyl (C=O) groups excluding carboxylic acids is 1. The molecule has 1 aromatic heterocycles. The molecular formula is C16H18BrNO. The average Bonchev–Trinajstić information content (AvgIpc) is 2.71. The molecular weight excluding hydrogens is 302 g/mol. The van der Waals surface area contributed by atoms with E-state index in [1.54, 1.807) is 0 Å². The third-order valence-corrected chi connectivity index (χ3v) is 4.49. The second kappa shape index (κ2) is 5.12. The van der Waals surface area contributed by atoms with Gasteiger partial charge in [0.05, 0.1) is 5.69 Å². The maximum atomic E-state index is 12.3. The van der Waals surface area contributed by atoms with Crippen molar-refractivity contribution in [3.8, 4) is 0 Å². The topological polar surface area (TPSA) is 22.0 Å². The van der Waals surface area contributed by atoms with Gasteiger partial charge in [-0.05, 0) is 43.9 Å². The molecule has 0 unspecified atom stereocenters. The molecule has 0 bridgehead atoms. The number of aryl methyl sites for hydroxylation is 3. The fourth-order valence-electron chi connectivity index (χ4n) is 3.10. The van der Waals surface area contributed by atoms with Gasteiger partial charge in [-0.3, -0.25) is 4.79 Å². The van der Waals surface area contributed by atoms with Gasteiger partial charge in [-0.1, -0.05) is 27.6 Å². The van der Waals surface area contributed by atoms with Crippen molar-refractivity contribution in [3.63, 3.8) is 0 Å². The zero-order valence-corrected chi connectivity index (χ0v) is 12.8. The van der Waals surface area contributed by atoms with Crippen LogP contribution in [0.3, 0.4) is 0 Å². The van der Waals surface area contributed by atoms with E-state index in [-0.39, 0.29) is 0 Å². The first-order chi connectivity index (χ1) is 9.22. The van der Waals surface area contributed by atoms with Crippen LogP contribution in [0.2, 0.25) is 0 Å². The van der Waals surface area contributed by atoms with E-state index in [0.717, 1.165) is 36.8 Å². The number of rotatable bonds is 3. The van der Waals surface area contributed by atoms with Crippen LogP contribution in [0.5, 0.6) is 0 Å². The highest BCUT2D eigenvalue weighted by Gasteiger charge is 2.25. The van der Waals surface area contributed by atoms with Crippen LogP contribution < -0.4 is 0 Å². The van der Waals surface area contributed by atoms with Crippen LogP contribution in [0, 0.1) is 6.92 Å². The minimum atomic E-state index is 0.324. The molecule has 0 saturated heterocycles. The minimum absolute atomic E-state index is 0.324. The number of benzene rings is 1. The molecule has 1 aromatic carbocycles. The van der Waals surface area contributed by atoms with E-state index in [1.165, 1.54) is 22.0 Å². The van der Waals surface area contributed by atoms with Gasteiger partial charge in [-0.15, -0.1) is 0 Å².